The molecule has 0 saturated heterocycles. The van der Waals surface area contributed by atoms with Crippen molar-refractivity contribution in [3.05, 3.63) is 70.8 Å². The molecule has 1 nitrogen and oxygen atoms in total. The summed E-state index contributed by atoms with van der Waals surface area (Å²) in [7, 11) is 0. The van der Waals surface area contributed by atoms with Gasteiger partial charge in [-0.1, -0.05) is 66.6 Å². The van der Waals surface area contributed by atoms with Gasteiger partial charge in [-0.05, 0) is 44.4 Å². The van der Waals surface area contributed by atoms with Gasteiger partial charge in [-0.3, -0.25) is 0 Å². The van der Waals surface area contributed by atoms with E-state index in [1.807, 2.05) is 0 Å². The van der Waals surface area contributed by atoms with E-state index in [1.54, 1.807) is 0 Å². The van der Waals surface area contributed by atoms with E-state index in [1.165, 1.54) is 28.7 Å². The van der Waals surface area contributed by atoms with Gasteiger partial charge in [0.1, 0.15) is 0 Å². The molecule has 1 N–H and O–H groups in total. The Morgan fingerprint density at radius 3 is 2.33 bits per heavy atom. The highest BCUT2D eigenvalue weighted by Crippen LogP contribution is 2.22. The van der Waals surface area contributed by atoms with Gasteiger partial charge in [-0.2, -0.15) is 0 Å². The summed E-state index contributed by atoms with van der Waals surface area (Å²) in [6.45, 7) is 8.70. The van der Waals surface area contributed by atoms with Gasteiger partial charge in [-0.25, -0.2) is 0 Å². The molecule has 1 atom stereocenters. The van der Waals surface area contributed by atoms with Crippen molar-refractivity contribution in [3.8, 4) is 0 Å². The summed E-state index contributed by atoms with van der Waals surface area (Å²) in [5, 5.41) is 3.59. The van der Waals surface area contributed by atoms with Crippen LogP contribution in [0.4, 0.5) is 0 Å². The third kappa shape index (κ3) is 5.02. The highest BCUT2D eigenvalue weighted by molar-refractivity contribution is 5.29. The molecule has 1 unspecified atom stereocenters. The van der Waals surface area contributed by atoms with Gasteiger partial charge in [-0.15, -0.1) is 0 Å². The van der Waals surface area contributed by atoms with Crippen molar-refractivity contribution >= 4 is 0 Å². The molecule has 0 radical (unpaired) electrons. The maximum absolute atomic E-state index is 3.59. The molecular weight excluding hydrogens is 254 g/mol. The van der Waals surface area contributed by atoms with Gasteiger partial charge in [0.25, 0.3) is 0 Å². The number of hydrogen-bond donors (Lipinski definition) is 1. The quantitative estimate of drug-likeness (QED) is 0.730. The fourth-order valence-electron chi connectivity index (χ4n) is 2.81. The van der Waals surface area contributed by atoms with Gasteiger partial charge < -0.3 is 5.32 Å². The molecule has 2 rings (SSSR count). The molecule has 0 fully saturated rings. The summed E-state index contributed by atoms with van der Waals surface area (Å²) in [4.78, 5) is 0. The maximum Gasteiger partial charge on any atom is 0.00233 e. The number of rotatable bonds is 7. The Bertz CT molecular complexity index is 559. The van der Waals surface area contributed by atoms with Crippen LogP contribution in [0.2, 0.25) is 0 Å². The first-order chi connectivity index (χ1) is 10.2. The van der Waals surface area contributed by atoms with E-state index in [4.69, 9.17) is 0 Å². The molecule has 0 amide bonds. The van der Waals surface area contributed by atoms with Crippen molar-refractivity contribution in [1.29, 1.82) is 0 Å². The van der Waals surface area contributed by atoms with Crippen LogP contribution in [0.25, 0.3) is 0 Å². The monoisotopic (exact) mass is 281 g/mol. The molecule has 0 aliphatic heterocycles. The summed E-state index contributed by atoms with van der Waals surface area (Å²) in [5.74, 6) is 0.540. The molecule has 0 saturated carbocycles. The Kier molecular flexibility index (Phi) is 6.01. The Hall–Kier alpha value is -1.60. The minimum Gasteiger partial charge on any atom is -0.316 e. The van der Waals surface area contributed by atoms with Crippen LogP contribution in [0.1, 0.15) is 41.5 Å². The SMILES string of the molecule is CCCNCC(Cc1cccc(C)c1)c1cccc(C)c1. The third-order valence-electron chi connectivity index (χ3n) is 3.90. The van der Waals surface area contributed by atoms with Crippen LogP contribution in [0.5, 0.6) is 0 Å². The minimum absolute atomic E-state index is 0.540. The Morgan fingerprint density at radius 1 is 0.952 bits per heavy atom. The highest BCUT2D eigenvalue weighted by Gasteiger charge is 2.12. The summed E-state index contributed by atoms with van der Waals surface area (Å²) in [5.41, 5.74) is 5.56. The average Bonchev–Trinajstić information content (AvgIpc) is 2.46. The van der Waals surface area contributed by atoms with E-state index < -0.39 is 0 Å². The van der Waals surface area contributed by atoms with E-state index in [9.17, 15) is 0 Å². The molecule has 0 aliphatic carbocycles. The molecule has 2 aromatic rings. The lowest BCUT2D eigenvalue weighted by atomic mass is 9.90. The largest absolute Gasteiger partial charge is 0.316 e. The number of nitrogens with one attached hydrogen (secondary N) is 1. The lowest BCUT2D eigenvalue weighted by molar-refractivity contribution is 0.576. The fourth-order valence-corrected chi connectivity index (χ4v) is 2.81. The predicted octanol–water partition coefficient (Wildman–Crippen LogP) is 4.63. The summed E-state index contributed by atoms with van der Waals surface area (Å²) >= 11 is 0. The second-order valence-corrected chi connectivity index (χ2v) is 6.01. The van der Waals surface area contributed by atoms with E-state index in [-0.39, 0.29) is 0 Å². The molecule has 0 aromatic heterocycles. The van der Waals surface area contributed by atoms with Crippen LogP contribution in [-0.4, -0.2) is 13.1 Å². The third-order valence-corrected chi connectivity index (χ3v) is 3.90. The molecule has 0 heterocycles. The Balaban J connectivity index is 2.15. The first kappa shape index (κ1) is 15.8. The van der Waals surface area contributed by atoms with Crippen LogP contribution < -0.4 is 5.32 Å². The van der Waals surface area contributed by atoms with Crippen molar-refractivity contribution in [1.82, 2.24) is 5.32 Å². The normalized spacial score (nSPS) is 12.3. The van der Waals surface area contributed by atoms with Crippen LogP contribution in [-0.2, 0) is 6.42 Å². The molecule has 21 heavy (non-hydrogen) atoms. The second kappa shape index (κ2) is 7.99. The van der Waals surface area contributed by atoms with Crippen LogP contribution in [0.15, 0.2) is 48.5 Å². The van der Waals surface area contributed by atoms with Gasteiger partial charge in [0.05, 0.1) is 0 Å². The molecular formula is C20H27N. The van der Waals surface area contributed by atoms with E-state index in [2.05, 4.69) is 74.6 Å². The number of hydrogen-bond acceptors (Lipinski definition) is 1. The zero-order valence-corrected chi connectivity index (χ0v) is 13.5. The minimum atomic E-state index is 0.540. The number of aryl methyl sites for hydroxylation is 2. The topological polar surface area (TPSA) is 12.0 Å². The fraction of sp³-hybridized carbons (Fsp3) is 0.400. The van der Waals surface area contributed by atoms with Crippen LogP contribution in [0.3, 0.4) is 0 Å². The predicted molar refractivity (Wildman–Crippen MR) is 92.0 cm³/mol. The van der Waals surface area contributed by atoms with Crippen molar-refractivity contribution in [3.63, 3.8) is 0 Å². The summed E-state index contributed by atoms with van der Waals surface area (Å²) < 4.78 is 0. The van der Waals surface area contributed by atoms with E-state index >= 15 is 0 Å². The molecule has 2 aromatic carbocycles. The lowest BCUT2D eigenvalue weighted by Gasteiger charge is -2.19. The number of benzene rings is 2. The maximum atomic E-state index is 3.59. The molecule has 0 bridgehead atoms. The molecule has 1 heteroatoms. The van der Waals surface area contributed by atoms with Crippen molar-refractivity contribution in [2.45, 2.75) is 39.5 Å². The van der Waals surface area contributed by atoms with E-state index in [0.717, 1.165) is 19.5 Å². The van der Waals surface area contributed by atoms with Crippen LogP contribution in [0, 0.1) is 13.8 Å². The lowest BCUT2D eigenvalue weighted by Crippen LogP contribution is -2.23. The molecule has 0 aliphatic rings. The molecule has 112 valence electrons. The van der Waals surface area contributed by atoms with Crippen molar-refractivity contribution < 1.29 is 0 Å². The van der Waals surface area contributed by atoms with Crippen molar-refractivity contribution in [2.75, 3.05) is 13.1 Å². The first-order valence-corrected chi connectivity index (χ1v) is 8.02. The van der Waals surface area contributed by atoms with Crippen molar-refractivity contribution in [2.24, 2.45) is 0 Å². The van der Waals surface area contributed by atoms with Gasteiger partial charge in [0.2, 0.25) is 0 Å². The van der Waals surface area contributed by atoms with Gasteiger partial charge >= 0.3 is 0 Å². The first-order valence-electron chi connectivity index (χ1n) is 8.02. The van der Waals surface area contributed by atoms with E-state index in [0.29, 0.717) is 5.92 Å². The Labute approximate surface area is 129 Å². The second-order valence-electron chi connectivity index (χ2n) is 6.01. The average molecular weight is 281 g/mol. The highest BCUT2D eigenvalue weighted by atomic mass is 14.8. The van der Waals surface area contributed by atoms with Gasteiger partial charge in [0, 0.05) is 12.5 Å². The summed E-state index contributed by atoms with van der Waals surface area (Å²) in [6, 6.07) is 17.8. The Morgan fingerprint density at radius 2 is 1.67 bits per heavy atom. The molecule has 0 spiro atoms. The zero-order valence-electron chi connectivity index (χ0n) is 13.5. The van der Waals surface area contributed by atoms with Crippen LogP contribution >= 0.6 is 0 Å². The summed E-state index contributed by atoms with van der Waals surface area (Å²) in [6.07, 6.45) is 2.28. The van der Waals surface area contributed by atoms with Gasteiger partial charge in [0.15, 0.2) is 0 Å². The standard InChI is InChI=1S/C20H27N/c1-4-11-21-15-20(19-10-6-8-17(3)13-19)14-18-9-5-7-16(2)12-18/h5-10,12-13,20-21H,4,11,14-15H2,1-3H3. The smallest absolute Gasteiger partial charge is 0.00233 e. The zero-order chi connectivity index (χ0) is 15.1.